The maximum absolute atomic E-state index is 14.8. The molecule has 2 aliphatic rings. The molecule has 0 spiro atoms. The van der Waals surface area contributed by atoms with Crippen molar-refractivity contribution in [3.8, 4) is 5.75 Å². The van der Waals surface area contributed by atoms with Gasteiger partial charge in [-0.2, -0.15) is 0 Å². The molecule has 1 aliphatic carbocycles. The summed E-state index contributed by atoms with van der Waals surface area (Å²) in [5, 5.41) is 6.90. The van der Waals surface area contributed by atoms with Crippen molar-refractivity contribution >= 4 is 17.2 Å². The van der Waals surface area contributed by atoms with Crippen LogP contribution in [0, 0.1) is 11.7 Å². The van der Waals surface area contributed by atoms with Crippen LogP contribution < -0.4 is 15.4 Å². The number of ketones is 1. The van der Waals surface area contributed by atoms with Gasteiger partial charge in [-0.15, -0.1) is 0 Å². The van der Waals surface area contributed by atoms with Crippen LogP contribution in [0.15, 0.2) is 84.6 Å². The molecule has 0 bridgehead atoms. The number of nitrogens with one attached hydrogen (secondary N) is 2. The summed E-state index contributed by atoms with van der Waals surface area (Å²) in [5.74, 6) is -0.00701. The molecular formula is C26H23FN2O2. The van der Waals surface area contributed by atoms with E-state index in [2.05, 4.69) is 16.7 Å². The summed E-state index contributed by atoms with van der Waals surface area (Å²) in [6, 6.07) is 21.7. The van der Waals surface area contributed by atoms with Crippen molar-refractivity contribution < 1.29 is 13.9 Å². The van der Waals surface area contributed by atoms with E-state index in [1.165, 1.54) is 6.07 Å². The molecular weight excluding hydrogens is 391 g/mol. The van der Waals surface area contributed by atoms with Crippen LogP contribution >= 0.6 is 0 Å². The molecule has 0 amide bonds. The molecule has 0 radical (unpaired) electrons. The van der Waals surface area contributed by atoms with Crippen LogP contribution in [0.4, 0.5) is 15.8 Å². The van der Waals surface area contributed by atoms with Crippen molar-refractivity contribution in [2.45, 2.75) is 18.4 Å². The zero-order chi connectivity index (χ0) is 21.4. The first-order valence-corrected chi connectivity index (χ1v) is 10.4. The van der Waals surface area contributed by atoms with Crippen molar-refractivity contribution in [3.05, 3.63) is 102 Å². The standard InChI is InChI=1S/C26H23FN2O2/c1-31-18-12-10-16(11-13-18)17-14-23-25(24(30)15-17)26(19-6-2-3-7-20(19)27)29-22-9-5-4-8-21(22)28-23/h2-14,17,25-26,28-29H,15H2,1H3. The molecule has 3 aromatic rings. The van der Waals surface area contributed by atoms with E-state index in [0.29, 0.717) is 12.0 Å². The van der Waals surface area contributed by atoms with E-state index in [0.717, 1.165) is 28.4 Å². The third kappa shape index (κ3) is 3.56. The van der Waals surface area contributed by atoms with E-state index in [1.54, 1.807) is 25.3 Å². The first kappa shape index (κ1) is 19.4. The van der Waals surface area contributed by atoms with Crippen molar-refractivity contribution in [2.75, 3.05) is 17.7 Å². The fourth-order valence-electron chi connectivity index (χ4n) is 4.56. The van der Waals surface area contributed by atoms with Crippen LogP contribution in [-0.2, 0) is 4.79 Å². The Hall–Kier alpha value is -3.60. The normalized spacial score (nSPS) is 22.2. The summed E-state index contributed by atoms with van der Waals surface area (Å²) < 4.78 is 20.0. The second kappa shape index (κ2) is 7.91. The lowest BCUT2D eigenvalue weighted by Gasteiger charge is -2.32. The Balaban J connectivity index is 1.61. The Kier molecular flexibility index (Phi) is 4.94. The summed E-state index contributed by atoms with van der Waals surface area (Å²) in [4.78, 5) is 13.5. The van der Waals surface area contributed by atoms with Gasteiger partial charge in [0.05, 0.1) is 30.4 Å². The van der Waals surface area contributed by atoms with Gasteiger partial charge in [0.15, 0.2) is 0 Å². The molecule has 5 heteroatoms. The summed E-state index contributed by atoms with van der Waals surface area (Å²) >= 11 is 0. The number of carbonyl (C=O) groups is 1. The number of methoxy groups -OCH3 is 1. The van der Waals surface area contributed by atoms with Crippen molar-refractivity contribution in [3.63, 3.8) is 0 Å². The Morgan fingerprint density at radius 3 is 2.39 bits per heavy atom. The van der Waals surface area contributed by atoms with Crippen LogP contribution in [0.3, 0.4) is 0 Å². The molecule has 0 aromatic heterocycles. The first-order chi connectivity index (χ1) is 15.1. The summed E-state index contributed by atoms with van der Waals surface area (Å²) in [6.07, 6.45) is 2.48. The minimum absolute atomic E-state index is 0.0521. The summed E-state index contributed by atoms with van der Waals surface area (Å²) in [6.45, 7) is 0. The molecule has 3 aromatic carbocycles. The van der Waals surface area contributed by atoms with Crippen LogP contribution in [0.2, 0.25) is 0 Å². The highest BCUT2D eigenvalue weighted by Crippen LogP contribution is 2.44. The van der Waals surface area contributed by atoms with Gasteiger partial charge >= 0.3 is 0 Å². The SMILES string of the molecule is COc1ccc(C2C=C3Nc4ccccc4NC(c4ccccc4F)C3C(=O)C2)cc1. The van der Waals surface area contributed by atoms with Gasteiger partial charge in [0.2, 0.25) is 0 Å². The maximum Gasteiger partial charge on any atom is 0.145 e. The Morgan fingerprint density at radius 2 is 1.65 bits per heavy atom. The lowest BCUT2D eigenvalue weighted by atomic mass is 9.76. The topological polar surface area (TPSA) is 50.4 Å². The maximum atomic E-state index is 14.8. The zero-order valence-electron chi connectivity index (χ0n) is 17.1. The predicted molar refractivity (Wildman–Crippen MR) is 120 cm³/mol. The smallest absolute Gasteiger partial charge is 0.145 e. The lowest BCUT2D eigenvalue weighted by molar-refractivity contribution is -0.122. The van der Waals surface area contributed by atoms with E-state index < -0.39 is 12.0 Å². The summed E-state index contributed by atoms with van der Waals surface area (Å²) in [7, 11) is 1.63. The van der Waals surface area contributed by atoms with Gasteiger partial charge < -0.3 is 15.4 Å². The molecule has 1 heterocycles. The van der Waals surface area contributed by atoms with Gasteiger partial charge in [0, 0.05) is 23.6 Å². The number of fused-ring (bicyclic) bond motifs is 2. The molecule has 156 valence electrons. The largest absolute Gasteiger partial charge is 0.497 e. The van der Waals surface area contributed by atoms with Gasteiger partial charge in [-0.1, -0.05) is 48.5 Å². The van der Waals surface area contributed by atoms with E-state index >= 15 is 0 Å². The fourth-order valence-corrected chi connectivity index (χ4v) is 4.56. The van der Waals surface area contributed by atoms with E-state index in [9.17, 15) is 9.18 Å². The third-order valence-electron chi connectivity index (χ3n) is 6.12. The van der Waals surface area contributed by atoms with Crippen LogP contribution in [0.1, 0.15) is 29.5 Å². The number of hydrogen-bond acceptors (Lipinski definition) is 4. The van der Waals surface area contributed by atoms with E-state index in [-0.39, 0.29) is 17.5 Å². The molecule has 31 heavy (non-hydrogen) atoms. The average Bonchev–Trinajstić information content (AvgIpc) is 2.96. The fraction of sp³-hybridized carbons (Fsp3) is 0.192. The van der Waals surface area contributed by atoms with E-state index in [4.69, 9.17) is 4.74 Å². The first-order valence-electron chi connectivity index (χ1n) is 10.4. The number of halogens is 1. The monoisotopic (exact) mass is 414 g/mol. The Morgan fingerprint density at radius 1 is 0.935 bits per heavy atom. The second-order valence-electron chi connectivity index (χ2n) is 7.96. The van der Waals surface area contributed by atoms with Crippen LogP contribution in [0.5, 0.6) is 5.75 Å². The number of ether oxygens (including phenoxy) is 1. The number of para-hydroxylation sites is 2. The Bertz CT molecular complexity index is 1160. The highest BCUT2D eigenvalue weighted by molar-refractivity contribution is 5.90. The quantitative estimate of drug-likeness (QED) is 0.580. The van der Waals surface area contributed by atoms with Crippen molar-refractivity contribution in [1.82, 2.24) is 0 Å². The van der Waals surface area contributed by atoms with Crippen molar-refractivity contribution in [2.24, 2.45) is 5.92 Å². The number of Topliss-reactive ketones (excluding diaryl/α,β-unsaturated/α-hetero) is 1. The zero-order valence-corrected chi connectivity index (χ0v) is 17.1. The highest BCUT2D eigenvalue weighted by atomic mass is 19.1. The highest BCUT2D eigenvalue weighted by Gasteiger charge is 2.40. The molecule has 0 saturated carbocycles. The van der Waals surface area contributed by atoms with Gasteiger partial charge in [-0.25, -0.2) is 4.39 Å². The van der Waals surface area contributed by atoms with Gasteiger partial charge in [-0.05, 0) is 35.9 Å². The van der Waals surface area contributed by atoms with E-state index in [1.807, 2.05) is 48.5 Å². The Labute approximate surface area is 180 Å². The molecule has 4 nitrogen and oxygen atoms in total. The number of allylic oxidation sites excluding steroid dienone is 1. The molecule has 0 fully saturated rings. The van der Waals surface area contributed by atoms with Crippen LogP contribution in [0.25, 0.3) is 0 Å². The molecule has 1 aliphatic heterocycles. The molecule has 3 atom stereocenters. The average molecular weight is 414 g/mol. The summed E-state index contributed by atoms with van der Waals surface area (Å²) in [5.41, 5.74) is 4.08. The van der Waals surface area contributed by atoms with Crippen molar-refractivity contribution in [1.29, 1.82) is 0 Å². The second-order valence-corrected chi connectivity index (χ2v) is 7.96. The number of carbonyl (C=O) groups excluding carboxylic acids is 1. The van der Waals surface area contributed by atoms with Gasteiger partial charge in [0.1, 0.15) is 17.3 Å². The third-order valence-corrected chi connectivity index (χ3v) is 6.12. The number of rotatable bonds is 3. The number of anilines is 2. The lowest BCUT2D eigenvalue weighted by Crippen LogP contribution is -2.34. The molecule has 5 rings (SSSR count). The predicted octanol–water partition coefficient (Wildman–Crippen LogP) is 5.67. The minimum Gasteiger partial charge on any atom is -0.497 e. The minimum atomic E-state index is -0.501. The number of hydrogen-bond donors (Lipinski definition) is 2. The molecule has 2 N–H and O–H groups in total. The number of benzene rings is 3. The van der Waals surface area contributed by atoms with Crippen LogP contribution in [-0.4, -0.2) is 12.9 Å². The molecule has 3 unspecified atom stereocenters. The van der Waals surface area contributed by atoms with Gasteiger partial charge in [0.25, 0.3) is 0 Å². The molecule has 0 saturated heterocycles. The van der Waals surface area contributed by atoms with Gasteiger partial charge in [-0.3, -0.25) is 4.79 Å².